The second-order valence-electron chi connectivity index (χ2n) is 8.86. The van der Waals surface area contributed by atoms with Crippen LogP contribution in [0.1, 0.15) is 18.7 Å². The second kappa shape index (κ2) is 9.28. The van der Waals surface area contributed by atoms with Crippen LogP contribution >= 0.6 is 0 Å². The number of piperidine rings is 1. The first-order chi connectivity index (χ1) is 17.0. The Morgan fingerprint density at radius 3 is 2.51 bits per heavy atom. The quantitative estimate of drug-likeness (QED) is 0.599. The number of amides is 3. The summed E-state index contributed by atoms with van der Waals surface area (Å²) in [5.74, 6) is 2.62. The van der Waals surface area contributed by atoms with Crippen molar-refractivity contribution in [2.45, 2.75) is 31.3 Å². The highest BCUT2D eigenvalue weighted by atomic mass is 16.5. The number of hydrogen-bond acceptors (Lipinski definition) is 6. The average molecular weight is 477 g/mol. The Morgan fingerprint density at radius 1 is 1.06 bits per heavy atom. The molecule has 0 atom stereocenters. The third-order valence-corrected chi connectivity index (χ3v) is 6.65. The minimum atomic E-state index is -0.462. The maximum absolute atomic E-state index is 12.9. The number of carbonyl (C=O) groups excluding carboxylic acids is 2. The fourth-order valence-corrected chi connectivity index (χ4v) is 4.69. The summed E-state index contributed by atoms with van der Waals surface area (Å²) in [5.41, 5.74) is 1.03. The van der Waals surface area contributed by atoms with Gasteiger partial charge in [0.1, 0.15) is 23.9 Å². The number of para-hydroxylation sites is 2. The summed E-state index contributed by atoms with van der Waals surface area (Å²) in [6, 6.07) is 14.7. The molecular weight excluding hydrogens is 448 g/mol. The van der Waals surface area contributed by atoms with Crippen molar-refractivity contribution in [1.29, 1.82) is 0 Å². The van der Waals surface area contributed by atoms with Gasteiger partial charge in [-0.25, -0.2) is 14.5 Å². The van der Waals surface area contributed by atoms with E-state index in [4.69, 9.17) is 14.5 Å². The van der Waals surface area contributed by atoms with Crippen molar-refractivity contribution in [3.8, 4) is 22.9 Å². The molecule has 0 radical (unpaired) electrons. The highest BCUT2D eigenvalue weighted by Gasteiger charge is 2.41. The van der Waals surface area contributed by atoms with Crippen molar-refractivity contribution in [2.24, 2.45) is 0 Å². The molecule has 0 saturated carbocycles. The Balaban J connectivity index is 1.29. The minimum Gasteiger partial charge on any atom is -0.497 e. The Bertz CT molecular complexity index is 1230. The number of aromatic nitrogens is 3. The molecule has 182 valence electrons. The molecule has 1 saturated heterocycles. The number of fused-ring (bicyclic) bond motifs is 1. The predicted octanol–water partition coefficient (Wildman–Crippen LogP) is 2.70. The van der Waals surface area contributed by atoms with Crippen molar-refractivity contribution in [1.82, 2.24) is 25.0 Å². The van der Waals surface area contributed by atoms with Gasteiger partial charge in [-0.3, -0.25) is 4.79 Å². The molecular formula is C25H28N6O4. The van der Waals surface area contributed by atoms with E-state index in [1.807, 2.05) is 36.4 Å². The number of likely N-dealkylation sites (tertiary alicyclic amines) is 1. The molecule has 3 amide bonds. The van der Waals surface area contributed by atoms with Gasteiger partial charge in [0.05, 0.1) is 25.4 Å². The molecule has 0 aliphatic carbocycles. The van der Waals surface area contributed by atoms with Crippen LogP contribution in [0.25, 0.3) is 11.4 Å². The van der Waals surface area contributed by atoms with Gasteiger partial charge in [0.25, 0.3) is 0 Å². The molecule has 0 unspecified atom stereocenters. The van der Waals surface area contributed by atoms with Gasteiger partial charge in [-0.2, -0.15) is 5.10 Å². The lowest BCUT2D eigenvalue weighted by molar-refractivity contribution is -0.123. The van der Waals surface area contributed by atoms with Crippen LogP contribution in [0, 0.1) is 0 Å². The summed E-state index contributed by atoms with van der Waals surface area (Å²) in [4.78, 5) is 32.2. The van der Waals surface area contributed by atoms with E-state index < -0.39 is 5.54 Å². The number of carbonyl (C=O) groups is 2. The number of urea groups is 1. The lowest BCUT2D eigenvalue weighted by atomic mass is 9.84. The average Bonchev–Trinajstić information content (AvgIpc) is 3.20. The Kier molecular flexibility index (Phi) is 6.02. The van der Waals surface area contributed by atoms with E-state index in [-0.39, 0.29) is 18.5 Å². The zero-order valence-electron chi connectivity index (χ0n) is 19.8. The van der Waals surface area contributed by atoms with Crippen LogP contribution in [0.4, 0.5) is 10.5 Å². The van der Waals surface area contributed by atoms with E-state index in [1.165, 1.54) is 0 Å². The molecule has 10 heteroatoms. The number of ether oxygens (including phenoxy) is 2. The molecule has 3 aromatic rings. The standard InChI is InChI=1S/C25H28N6O4/c1-34-18-9-7-17(8-10-18)23-27-21-15-25(28-22(32)16-31(21)29-23)11-13-30(14-12-25)24(33)26-19-5-3-4-6-20(19)35-2/h3-10H,11-16H2,1-2H3,(H,26,33)(H,28,32). The number of rotatable bonds is 4. The first-order valence-electron chi connectivity index (χ1n) is 11.6. The molecule has 10 nitrogen and oxygen atoms in total. The van der Waals surface area contributed by atoms with Gasteiger partial charge in [-0.1, -0.05) is 12.1 Å². The molecule has 1 spiro atoms. The predicted molar refractivity (Wildman–Crippen MR) is 129 cm³/mol. The molecule has 2 aliphatic heterocycles. The molecule has 0 bridgehead atoms. The van der Waals surface area contributed by atoms with Crippen molar-refractivity contribution >= 4 is 17.6 Å². The Labute approximate surface area is 203 Å². The molecule has 1 fully saturated rings. The van der Waals surface area contributed by atoms with E-state index in [0.29, 0.717) is 49.6 Å². The summed E-state index contributed by atoms with van der Waals surface area (Å²) < 4.78 is 12.2. The molecule has 1 aromatic heterocycles. The van der Waals surface area contributed by atoms with Gasteiger partial charge in [-0.15, -0.1) is 0 Å². The van der Waals surface area contributed by atoms with Gasteiger partial charge >= 0.3 is 6.03 Å². The van der Waals surface area contributed by atoms with E-state index in [0.717, 1.165) is 17.1 Å². The van der Waals surface area contributed by atoms with Crippen molar-refractivity contribution in [3.05, 3.63) is 54.4 Å². The number of anilines is 1. The van der Waals surface area contributed by atoms with Crippen molar-refractivity contribution in [2.75, 3.05) is 32.6 Å². The SMILES string of the molecule is COc1ccc(-c2nc3n(n2)CC(=O)NC2(CCN(C(=O)Nc4ccccc4OC)CC2)C3)cc1. The summed E-state index contributed by atoms with van der Waals surface area (Å²) >= 11 is 0. The van der Waals surface area contributed by atoms with Gasteiger partial charge in [0.15, 0.2) is 5.82 Å². The molecule has 5 rings (SSSR count). The van der Waals surface area contributed by atoms with Crippen LogP contribution in [0.3, 0.4) is 0 Å². The van der Waals surface area contributed by atoms with Crippen molar-refractivity contribution in [3.63, 3.8) is 0 Å². The smallest absolute Gasteiger partial charge is 0.321 e. The molecule has 2 N–H and O–H groups in total. The molecule has 2 aromatic carbocycles. The van der Waals surface area contributed by atoms with Crippen LogP contribution in [-0.2, 0) is 17.8 Å². The van der Waals surface area contributed by atoms with E-state index >= 15 is 0 Å². The number of methoxy groups -OCH3 is 2. The molecule has 3 heterocycles. The van der Waals surface area contributed by atoms with Crippen LogP contribution in [0.2, 0.25) is 0 Å². The van der Waals surface area contributed by atoms with Gasteiger partial charge < -0.3 is 25.0 Å². The van der Waals surface area contributed by atoms with Crippen LogP contribution < -0.4 is 20.1 Å². The largest absolute Gasteiger partial charge is 0.497 e. The number of nitrogens with one attached hydrogen (secondary N) is 2. The highest BCUT2D eigenvalue weighted by molar-refractivity contribution is 5.91. The minimum absolute atomic E-state index is 0.0955. The van der Waals surface area contributed by atoms with Crippen LogP contribution in [0.15, 0.2) is 48.5 Å². The van der Waals surface area contributed by atoms with Gasteiger partial charge in [-0.05, 0) is 49.2 Å². The lowest BCUT2D eigenvalue weighted by Crippen LogP contribution is -2.57. The molecule has 35 heavy (non-hydrogen) atoms. The van der Waals surface area contributed by atoms with Crippen molar-refractivity contribution < 1.29 is 19.1 Å². The normalized spacial score (nSPS) is 16.7. The second-order valence-corrected chi connectivity index (χ2v) is 8.86. The van der Waals surface area contributed by atoms with Crippen LogP contribution in [-0.4, -0.2) is 64.5 Å². The summed E-state index contributed by atoms with van der Waals surface area (Å²) in [6.45, 7) is 1.15. The van der Waals surface area contributed by atoms with E-state index in [1.54, 1.807) is 35.9 Å². The maximum Gasteiger partial charge on any atom is 0.321 e. The fourth-order valence-electron chi connectivity index (χ4n) is 4.69. The third kappa shape index (κ3) is 4.64. The third-order valence-electron chi connectivity index (χ3n) is 6.65. The first-order valence-corrected chi connectivity index (χ1v) is 11.6. The number of benzene rings is 2. The fraction of sp³-hybridized carbons (Fsp3) is 0.360. The highest BCUT2D eigenvalue weighted by Crippen LogP contribution is 2.30. The van der Waals surface area contributed by atoms with Gasteiger partial charge in [0, 0.05) is 25.1 Å². The topological polar surface area (TPSA) is 111 Å². The monoisotopic (exact) mass is 476 g/mol. The Hall–Kier alpha value is -4.08. The first kappa shape index (κ1) is 22.7. The summed E-state index contributed by atoms with van der Waals surface area (Å²) in [5, 5.41) is 10.7. The number of nitrogens with zero attached hydrogens (tertiary/aromatic N) is 4. The summed E-state index contributed by atoms with van der Waals surface area (Å²) in [7, 11) is 3.20. The maximum atomic E-state index is 12.9. The zero-order chi connectivity index (χ0) is 24.4. The van der Waals surface area contributed by atoms with Crippen LogP contribution in [0.5, 0.6) is 11.5 Å². The zero-order valence-corrected chi connectivity index (χ0v) is 19.8. The van der Waals surface area contributed by atoms with E-state index in [9.17, 15) is 9.59 Å². The Morgan fingerprint density at radius 2 is 1.80 bits per heavy atom. The summed E-state index contributed by atoms with van der Waals surface area (Å²) in [6.07, 6.45) is 1.81. The van der Waals surface area contributed by atoms with Gasteiger partial charge in [0.2, 0.25) is 5.91 Å². The lowest BCUT2D eigenvalue weighted by Gasteiger charge is -2.41. The van der Waals surface area contributed by atoms with E-state index in [2.05, 4.69) is 15.7 Å². The molecule has 2 aliphatic rings. The number of hydrogen-bond donors (Lipinski definition) is 2.